The van der Waals surface area contributed by atoms with E-state index in [1.54, 1.807) is 12.0 Å². The van der Waals surface area contributed by atoms with Gasteiger partial charge in [-0.25, -0.2) is 9.97 Å². The first kappa shape index (κ1) is 33.0. The molecule has 0 bridgehead atoms. The fourth-order valence-corrected chi connectivity index (χ4v) is 6.58. The molecule has 0 aliphatic carbocycles. The van der Waals surface area contributed by atoms with Gasteiger partial charge in [-0.1, -0.05) is 48.5 Å². The van der Waals surface area contributed by atoms with Crippen LogP contribution in [0.2, 0.25) is 0 Å². The molecule has 1 saturated heterocycles. The number of anilines is 3. The summed E-state index contributed by atoms with van der Waals surface area (Å²) >= 11 is 0. The van der Waals surface area contributed by atoms with Gasteiger partial charge in [0, 0.05) is 61.6 Å². The molecule has 2 aliphatic rings. The first-order valence-corrected chi connectivity index (χ1v) is 16.8. The lowest BCUT2D eigenvalue weighted by Crippen LogP contribution is -2.37. The van der Waals surface area contributed by atoms with E-state index in [4.69, 9.17) is 14.2 Å². The Bertz CT molecular complexity index is 1970. The molecule has 1 fully saturated rings. The van der Waals surface area contributed by atoms with Crippen LogP contribution in [0.5, 0.6) is 11.5 Å². The van der Waals surface area contributed by atoms with Crippen molar-refractivity contribution in [3.05, 3.63) is 114 Å². The van der Waals surface area contributed by atoms with E-state index in [2.05, 4.69) is 20.2 Å². The molecule has 11 heteroatoms. The Hall–Kier alpha value is -5.52. The van der Waals surface area contributed by atoms with Crippen molar-refractivity contribution in [1.82, 2.24) is 19.8 Å². The maximum absolute atomic E-state index is 13.9. The summed E-state index contributed by atoms with van der Waals surface area (Å²) in [5.74, 6) is 1.51. The zero-order valence-corrected chi connectivity index (χ0v) is 28.2. The van der Waals surface area contributed by atoms with Gasteiger partial charge < -0.3 is 29.3 Å². The van der Waals surface area contributed by atoms with Gasteiger partial charge in [-0.2, -0.15) is 0 Å². The predicted molar refractivity (Wildman–Crippen MR) is 192 cm³/mol. The normalized spacial score (nSPS) is 15.1. The van der Waals surface area contributed by atoms with Gasteiger partial charge in [-0.3, -0.25) is 14.5 Å². The molecule has 5 aromatic rings. The second kappa shape index (κ2) is 14.9. The van der Waals surface area contributed by atoms with E-state index in [9.17, 15) is 9.59 Å². The Morgan fingerprint density at radius 1 is 0.960 bits per heavy atom. The molecule has 4 aromatic carbocycles. The van der Waals surface area contributed by atoms with Gasteiger partial charge in [0.1, 0.15) is 18.2 Å². The van der Waals surface area contributed by atoms with Gasteiger partial charge in [-0.15, -0.1) is 0 Å². The zero-order valence-electron chi connectivity index (χ0n) is 28.2. The van der Waals surface area contributed by atoms with Gasteiger partial charge >= 0.3 is 0 Å². The highest BCUT2D eigenvalue weighted by Crippen LogP contribution is 2.37. The number of benzene rings is 4. The van der Waals surface area contributed by atoms with Crippen LogP contribution in [0.4, 0.5) is 17.2 Å². The van der Waals surface area contributed by atoms with Crippen LogP contribution in [-0.2, 0) is 16.1 Å². The summed E-state index contributed by atoms with van der Waals surface area (Å²) in [6.45, 7) is 5.31. The van der Waals surface area contributed by atoms with Crippen LogP contribution in [0.15, 0.2) is 97.3 Å². The van der Waals surface area contributed by atoms with Crippen LogP contribution in [0.1, 0.15) is 33.9 Å². The van der Waals surface area contributed by atoms with Gasteiger partial charge in [0.15, 0.2) is 11.5 Å². The number of methoxy groups -OCH3 is 1. The van der Waals surface area contributed by atoms with Crippen molar-refractivity contribution < 1.29 is 23.8 Å². The quantitative estimate of drug-likeness (QED) is 0.164. The molecule has 0 saturated carbocycles. The largest absolute Gasteiger partial charge is 0.493 e. The summed E-state index contributed by atoms with van der Waals surface area (Å²) in [5.41, 5.74) is 4.49. The molecule has 2 amide bonds. The highest BCUT2D eigenvalue weighted by atomic mass is 16.5. The van der Waals surface area contributed by atoms with Gasteiger partial charge in [-0.05, 0) is 53.9 Å². The third-order valence-corrected chi connectivity index (χ3v) is 9.24. The molecule has 3 heterocycles. The minimum absolute atomic E-state index is 0.155. The molecule has 1 N–H and O–H groups in total. The average molecular weight is 673 g/mol. The lowest BCUT2D eigenvalue weighted by atomic mass is 10.0. The average Bonchev–Trinajstić information content (AvgIpc) is 3.49. The van der Waals surface area contributed by atoms with E-state index >= 15 is 0 Å². The van der Waals surface area contributed by atoms with Crippen LogP contribution in [-0.4, -0.2) is 85.2 Å². The molecule has 2 aliphatic heterocycles. The number of nitrogens with zero attached hydrogens (tertiary/aromatic N) is 5. The molecule has 256 valence electrons. The molecule has 7 rings (SSSR count). The summed E-state index contributed by atoms with van der Waals surface area (Å²) in [6, 6.07) is 27.5. The molecule has 0 spiro atoms. The number of aromatic nitrogens is 2. The van der Waals surface area contributed by atoms with Crippen molar-refractivity contribution in [2.45, 2.75) is 19.0 Å². The Morgan fingerprint density at radius 2 is 1.72 bits per heavy atom. The number of nitrogens with one attached hydrogen (secondary N) is 1. The maximum atomic E-state index is 13.9. The summed E-state index contributed by atoms with van der Waals surface area (Å²) in [4.78, 5) is 42.4. The third-order valence-electron chi connectivity index (χ3n) is 9.24. The molecule has 0 radical (unpaired) electrons. The number of carbonyl (C=O) groups excluding carboxylic acids is 2. The van der Waals surface area contributed by atoms with Gasteiger partial charge in [0.2, 0.25) is 0 Å². The van der Waals surface area contributed by atoms with Crippen LogP contribution in [0.25, 0.3) is 10.9 Å². The van der Waals surface area contributed by atoms with E-state index in [0.717, 1.165) is 67.0 Å². The number of morpholine rings is 1. The second-order valence-electron chi connectivity index (χ2n) is 12.4. The van der Waals surface area contributed by atoms with Crippen molar-refractivity contribution >= 4 is 39.9 Å². The lowest BCUT2D eigenvalue weighted by Gasteiger charge is -2.27. The minimum Gasteiger partial charge on any atom is -0.493 e. The number of rotatable bonds is 12. The van der Waals surface area contributed by atoms with Crippen LogP contribution in [0.3, 0.4) is 0 Å². The fraction of sp³-hybridized carbons (Fsp3) is 0.282. The third kappa shape index (κ3) is 6.96. The van der Waals surface area contributed by atoms with E-state index in [0.29, 0.717) is 41.7 Å². The number of ether oxygens (including phenoxy) is 3. The number of carbonyl (C=O) groups is 2. The van der Waals surface area contributed by atoms with Crippen molar-refractivity contribution in [2.75, 3.05) is 63.8 Å². The van der Waals surface area contributed by atoms with Crippen LogP contribution >= 0.6 is 0 Å². The van der Waals surface area contributed by atoms with Crippen molar-refractivity contribution in [2.24, 2.45) is 0 Å². The maximum Gasteiger partial charge on any atom is 0.255 e. The number of amides is 2. The fourth-order valence-electron chi connectivity index (χ4n) is 6.58. The number of hydrogen-bond acceptors (Lipinski definition) is 9. The molecule has 1 aromatic heterocycles. The highest BCUT2D eigenvalue weighted by molar-refractivity contribution is 6.04. The molecular formula is C39H40N6O5. The van der Waals surface area contributed by atoms with Crippen molar-refractivity contribution in [3.63, 3.8) is 0 Å². The molecular weight excluding hydrogens is 632 g/mol. The minimum atomic E-state index is -0.793. The number of hydrogen-bond donors (Lipinski definition) is 1. The smallest absolute Gasteiger partial charge is 0.255 e. The molecule has 50 heavy (non-hydrogen) atoms. The van der Waals surface area contributed by atoms with E-state index in [-0.39, 0.29) is 11.8 Å². The monoisotopic (exact) mass is 672 g/mol. The second-order valence-corrected chi connectivity index (χ2v) is 12.4. The predicted octanol–water partition coefficient (Wildman–Crippen LogP) is 5.84. The Balaban J connectivity index is 1.07. The SMILES string of the molecule is COc1cc2ncnc(N(C)c3ccc(NC(=O)C(c4ccccc4)N4Cc5ccccc5C4=O)cc3)c2cc1OCCCN1CCOCC1. The summed E-state index contributed by atoms with van der Waals surface area (Å²) in [7, 11) is 3.56. The number of fused-ring (bicyclic) bond motifs is 2. The highest BCUT2D eigenvalue weighted by Gasteiger charge is 2.37. The van der Waals surface area contributed by atoms with Crippen molar-refractivity contribution in [1.29, 1.82) is 0 Å². The summed E-state index contributed by atoms with van der Waals surface area (Å²) in [5, 5.41) is 3.87. The Morgan fingerprint density at radius 3 is 2.48 bits per heavy atom. The molecule has 11 nitrogen and oxygen atoms in total. The summed E-state index contributed by atoms with van der Waals surface area (Å²) < 4.78 is 17.3. The van der Waals surface area contributed by atoms with Crippen LogP contribution in [0, 0.1) is 0 Å². The molecule has 1 unspecified atom stereocenters. The Labute approximate surface area is 291 Å². The lowest BCUT2D eigenvalue weighted by molar-refractivity contribution is -0.120. The first-order chi connectivity index (χ1) is 24.5. The van der Waals surface area contributed by atoms with Crippen molar-refractivity contribution in [3.8, 4) is 11.5 Å². The van der Waals surface area contributed by atoms with Crippen LogP contribution < -0.4 is 19.7 Å². The zero-order chi connectivity index (χ0) is 34.5. The Kier molecular flexibility index (Phi) is 9.86. The molecule has 1 atom stereocenters. The van der Waals surface area contributed by atoms with Gasteiger partial charge in [0.05, 0.1) is 32.4 Å². The first-order valence-electron chi connectivity index (χ1n) is 16.8. The van der Waals surface area contributed by atoms with Gasteiger partial charge in [0.25, 0.3) is 11.8 Å². The standard InChI is InChI=1S/C39H40N6O5/c1-43(37-32-23-35(34(48-2)24-33(32)40-26-41-37)50-20-8-17-44-18-21-49-22-19-44)30-15-13-29(14-16-30)42-38(46)36(27-9-4-3-5-10-27)45-25-28-11-6-7-12-31(28)39(45)47/h3-7,9-16,23-24,26,36H,8,17-22,25H2,1-2H3,(H,42,46). The van der Waals surface area contributed by atoms with E-state index in [1.165, 1.54) is 6.33 Å². The van der Waals surface area contributed by atoms with E-state index < -0.39 is 6.04 Å². The summed E-state index contributed by atoms with van der Waals surface area (Å²) in [6.07, 6.45) is 2.42. The van der Waals surface area contributed by atoms with E-state index in [1.807, 2.05) is 103 Å². The topological polar surface area (TPSA) is 109 Å².